The maximum absolute atomic E-state index is 9.11. The second-order valence-electron chi connectivity index (χ2n) is 3.73. The van der Waals surface area contributed by atoms with Crippen LogP contribution in [0.25, 0.3) is 0 Å². The summed E-state index contributed by atoms with van der Waals surface area (Å²) in [5.41, 5.74) is -0.00416. The largest absolute Gasteiger partial charge is 0.394 e. The molecule has 0 amide bonds. The van der Waals surface area contributed by atoms with E-state index in [0.717, 1.165) is 10.0 Å². The molecule has 0 atom stereocenters. The SMILES string of the molecule is OCC(CO)(CO)NCc1ccc(Br)cc1. The Balaban J connectivity index is 2.58. The molecule has 0 radical (unpaired) electrons. The van der Waals surface area contributed by atoms with Gasteiger partial charge in [-0.3, -0.25) is 0 Å². The fourth-order valence-electron chi connectivity index (χ4n) is 1.21. The summed E-state index contributed by atoms with van der Waals surface area (Å²) < 4.78 is 0.994. The van der Waals surface area contributed by atoms with E-state index >= 15 is 0 Å². The average molecular weight is 290 g/mol. The molecule has 1 rings (SSSR count). The van der Waals surface area contributed by atoms with Crippen LogP contribution in [0, 0.1) is 0 Å². The van der Waals surface area contributed by atoms with Crippen LogP contribution in [0.1, 0.15) is 5.56 Å². The third kappa shape index (κ3) is 3.54. The molecular weight excluding hydrogens is 274 g/mol. The second-order valence-corrected chi connectivity index (χ2v) is 4.65. The van der Waals surface area contributed by atoms with Gasteiger partial charge in [-0.05, 0) is 17.7 Å². The molecule has 0 saturated heterocycles. The Morgan fingerprint density at radius 2 is 1.50 bits per heavy atom. The second kappa shape index (κ2) is 6.32. The van der Waals surface area contributed by atoms with Gasteiger partial charge in [0.2, 0.25) is 0 Å². The minimum absolute atomic E-state index is 0.309. The third-order valence-electron chi connectivity index (χ3n) is 2.49. The first kappa shape index (κ1) is 13.6. The molecule has 0 aliphatic carbocycles. The number of aliphatic hydroxyl groups is 3. The quantitative estimate of drug-likeness (QED) is 0.606. The van der Waals surface area contributed by atoms with Crippen LogP contribution in [-0.2, 0) is 6.54 Å². The molecule has 0 bridgehead atoms. The molecule has 0 aliphatic heterocycles. The lowest BCUT2D eigenvalue weighted by atomic mass is 10.0. The van der Waals surface area contributed by atoms with Gasteiger partial charge >= 0.3 is 0 Å². The third-order valence-corrected chi connectivity index (χ3v) is 3.02. The highest BCUT2D eigenvalue weighted by molar-refractivity contribution is 9.10. The van der Waals surface area contributed by atoms with E-state index in [1.807, 2.05) is 24.3 Å². The normalized spacial score (nSPS) is 11.8. The molecule has 0 aliphatic rings. The predicted molar refractivity (Wildman–Crippen MR) is 65.0 cm³/mol. The Morgan fingerprint density at radius 3 is 1.94 bits per heavy atom. The summed E-state index contributed by atoms with van der Waals surface area (Å²) in [5, 5.41) is 30.3. The summed E-state index contributed by atoms with van der Waals surface area (Å²) in [6, 6.07) is 7.67. The summed E-state index contributed by atoms with van der Waals surface area (Å²) in [4.78, 5) is 0. The zero-order chi connectivity index (χ0) is 12.0. The number of nitrogens with one attached hydrogen (secondary N) is 1. The van der Waals surface area contributed by atoms with Crippen molar-refractivity contribution < 1.29 is 15.3 Å². The first-order valence-electron chi connectivity index (χ1n) is 4.98. The van der Waals surface area contributed by atoms with E-state index in [1.165, 1.54) is 0 Å². The molecule has 0 heterocycles. The minimum Gasteiger partial charge on any atom is -0.394 e. The predicted octanol–water partition coefficient (Wildman–Crippen LogP) is 0.254. The maximum Gasteiger partial charge on any atom is 0.0884 e. The molecule has 90 valence electrons. The molecule has 0 fully saturated rings. The van der Waals surface area contributed by atoms with Crippen LogP contribution in [0.4, 0.5) is 0 Å². The Morgan fingerprint density at radius 1 is 1.00 bits per heavy atom. The Hall–Kier alpha value is -0.460. The van der Waals surface area contributed by atoms with Crippen LogP contribution in [0.3, 0.4) is 0 Å². The summed E-state index contributed by atoms with van der Waals surface area (Å²) in [6.45, 7) is -0.446. The molecule has 16 heavy (non-hydrogen) atoms. The maximum atomic E-state index is 9.11. The van der Waals surface area contributed by atoms with Crippen molar-refractivity contribution in [2.75, 3.05) is 19.8 Å². The minimum atomic E-state index is -1.02. The van der Waals surface area contributed by atoms with Gasteiger partial charge in [-0.1, -0.05) is 28.1 Å². The van der Waals surface area contributed by atoms with Crippen molar-refractivity contribution in [3.63, 3.8) is 0 Å². The van der Waals surface area contributed by atoms with E-state index < -0.39 is 5.54 Å². The lowest BCUT2D eigenvalue weighted by Gasteiger charge is -2.28. The lowest BCUT2D eigenvalue weighted by molar-refractivity contribution is 0.0414. The van der Waals surface area contributed by atoms with Crippen molar-refractivity contribution in [2.45, 2.75) is 12.1 Å². The highest BCUT2D eigenvalue weighted by atomic mass is 79.9. The van der Waals surface area contributed by atoms with Crippen LogP contribution in [0.5, 0.6) is 0 Å². The zero-order valence-electron chi connectivity index (χ0n) is 8.86. The van der Waals surface area contributed by atoms with Crippen molar-refractivity contribution in [3.8, 4) is 0 Å². The van der Waals surface area contributed by atoms with Gasteiger partial charge in [0, 0.05) is 11.0 Å². The van der Waals surface area contributed by atoms with Gasteiger partial charge < -0.3 is 20.6 Å². The van der Waals surface area contributed by atoms with Crippen molar-refractivity contribution in [3.05, 3.63) is 34.3 Å². The van der Waals surface area contributed by atoms with Crippen molar-refractivity contribution >= 4 is 15.9 Å². The molecule has 5 heteroatoms. The molecule has 0 aromatic heterocycles. The topological polar surface area (TPSA) is 72.7 Å². The summed E-state index contributed by atoms with van der Waals surface area (Å²) >= 11 is 3.34. The van der Waals surface area contributed by atoms with Crippen molar-refractivity contribution in [1.29, 1.82) is 0 Å². The molecule has 1 aromatic rings. The number of hydrogen-bond acceptors (Lipinski definition) is 4. The van der Waals surface area contributed by atoms with Gasteiger partial charge in [-0.15, -0.1) is 0 Å². The molecule has 1 aromatic carbocycles. The highest BCUT2D eigenvalue weighted by Gasteiger charge is 2.26. The van der Waals surface area contributed by atoms with E-state index in [4.69, 9.17) is 15.3 Å². The Kier molecular flexibility index (Phi) is 5.37. The molecule has 0 unspecified atom stereocenters. The van der Waals surface area contributed by atoms with Crippen LogP contribution in [0.2, 0.25) is 0 Å². The standard InChI is InChI=1S/C11H16BrNO3/c12-10-3-1-9(2-4-10)5-13-11(6-14,7-15)8-16/h1-4,13-16H,5-8H2. The molecule has 0 spiro atoms. The van der Waals surface area contributed by atoms with Gasteiger partial charge in [0.05, 0.1) is 25.4 Å². The molecule has 4 N–H and O–H groups in total. The van der Waals surface area contributed by atoms with Gasteiger partial charge in [-0.2, -0.15) is 0 Å². The zero-order valence-corrected chi connectivity index (χ0v) is 10.4. The van der Waals surface area contributed by atoms with E-state index in [1.54, 1.807) is 0 Å². The van der Waals surface area contributed by atoms with Gasteiger partial charge in [-0.25, -0.2) is 0 Å². The number of hydrogen-bond donors (Lipinski definition) is 4. The van der Waals surface area contributed by atoms with Crippen LogP contribution in [0.15, 0.2) is 28.7 Å². The van der Waals surface area contributed by atoms with E-state index in [2.05, 4.69) is 21.2 Å². The Labute approximate surface area is 103 Å². The van der Waals surface area contributed by atoms with E-state index in [-0.39, 0.29) is 19.8 Å². The smallest absolute Gasteiger partial charge is 0.0884 e. The lowest BCUT2D eigenvalue weighted by Crippen LogP contribution is -2.54. The van der Waals surface area contributed by atoms with Crippen molar-refractivity contribution in [2.24, 2.45) is 0 Å². The van der Waals surface area contributed by atoms with Gasteiger partial charge in [0.15, 0.2) is 0 Å². The van der Waals surface area contributed by atoms with E-state index in [9.17, 15) is 0 Å². The molecular formula is C11H16BrNO3. The van der Waals surface area contributed by atoms with Crippen LogP contribution < -0.4 is 5.32 Å². The number of benzene rings is 1. The van der Waals surface area contributed by atoms with Crippen molar-refractivity contribution in [1.82, 2.24) is 5.32 Å². The fraction of sp³-hybridized carbons (Fsp3) is 0.455. The Bertz CT molecular complexity index is 303. The number of aliphatic hydroxyl groups excluding tert-OH is 3. The number of halogens is 1. The first-order valence-corrected chi connectivity index (χ1v) is 5.77. The highest BCUT2D eigenvalue weighted by Crippen LogP contribution is 2.11. The number of rotatable bonds is 6. The fourth-order valence-corrected chi connectivity index (χ4v) is 1.47. The molecule has 0 saturated carbocycles. The van der Waals surface area contributed by atoms with Crippen LogP contribution in [-0.4, -0.2) is 40.7 Å². The van der Waals surface area contributed by atoms with Crippen LogP contribution >= 0.6 is 15.9 Å². The summed E-state index contributed by atoms with van der Waals surface area (Å²) in [6.07, 6.45) is 0. The molecule has 4 nitrogen and oxygen atoms in total. The van der Waals surface area contributed by atoms with Gasteiger partial charge in [0.25, 0.3) is 0 Å². The summed E-state index contributed by atoms with van der Waals surface area (Å²) in [7, 11) is 0. The first-order chi connectivity index (χ1) is 7.65. The monoisotopic (exact) mass is 289 g/mol. The van der Waals surface area contributed by atoms with E-state index in [0.29, 0.717) is 6.54 Å². The summed E-state index contributed by atoms with van der Waals surface area (Å²) in [5.74, 6) is 0. The van der Waals surface area contributed by atoms with Gasteiger partial charge in [0.1, 0.15) is 0 Å². The average Bonchev–Trinajstić information content (AvgIpc) is 2.34.